The third-order valence-electron chi connectivity index (χ3n) is 3.09. The molecule has 0 radical (unpaired) electrons. The molecule has 0 aliphatic rings. The van der Waals surface area contributed by atoms with Crippen LogP contribution in [0.4, 0.5) is 11.4 Å². The van der Waals surface area contributed by atoms with Gasteiger partial charge >= 0.3 is 0 Å². The lowest BCUT2D eigenvalue weighted by Gasteiger charge is -2.17. The highest BCUT2D eigenvalue weighted by atomic mass is 16.6. The number of nitrogens with zero attached hydrogens (tertiary/aromatic N) is 2. The molecule has 2 rings (SSSR count). The minimum Gasteiger partial charge on any atom is -0.508 e. The second-order valence-corrected chi connectivity index (χ2v) is 4.57. The number of nitro benzene ring substituents is 1. The molecule has 6 heteroatoms. The van der Waals surface area contributed by atoms with Gasteiger partial charge in [-0.25, -0.2) is 0 Å². The molecule has 0 fully saturated rings. The summed E-state index contributed by atoms with van der Waals surface area (Å²) in [6.45, 7) is 0. The van der Waals surface area contributed by atoms with Gasteiger partial charge < -0.3 is 10.0 Å². The van der Waals surface area contributed by atoms with E-state index in [1.54, 1.807) is 31.3 Å². The van der Waals surface area contributed by atoms with Gasteiger partial charge in [-0.15, -0.1) is 0 Å². The number of phenols is 1. The summed E-state index contributed by atoms with van der Waals surface area (Å²) in [4.78, 5) is 23.7. The van der Waals surface area contributed by atoms with Crippen LogP contribution in [0.25, 0.3) is 0 Å². The maximum atomic E-state index is 12.2. The number of anilines is 1. The molecule has 0 atom stereocenters. The van der Waals surface area contributed by atoms with Crippen molar-refractivity contribution < 1.29 is 14.8 Å². The number of hydrogen-bond acceptors (Lipinski definition) is 4. The van der Waals surface area contributed by atoms with Crippen molar-refractivity contribution in [2.75, 3.05) is 11.9 Å². The molecule has 0 aromatic heterocycles. The molecule has 0 heterocycles. The minimum atomic E-state index is -0.482. The average molecular weight is 286 g/mol. The van der Waals surface area contributed by atoms with Crippen molar-refractivity contribution in [3.05, 3.63) is 64.2 Å². The first-order valence-corrected chi connectivity index (χ1v) is 6.26. The topological polar surface area (TPSA) is 83.7 Å². The van der Waals surface area contributed by atoms with Crippen LogP contribution in [0, 0.1) is 10.1 Å². The highest BCUT2D eigenvalue weighted by molar-refractivity contribution is 5.94. The fraction of sp³-hybridized carbons (Fsp3) is 0.133. The minimum absolute atomic E-state index is 0.00691. The van der Waals surface area contributed by atoms with Crippen molar-refractivity contribution in [2.45, 2.75) is 6.42 Å². The Morgan fingerprint density at radius 3 is 2.48 bits per heavy atom. The van der Waals surface area contributed by atoms with E-state index in [1.807, 2.05) is 0 Å². The van der Waals surface area contributed by atoms with Crippen LogP contribution >= 0.6 is 0 Å². The van der Waals surface area contributed by atoms with Crippen LogP contribution in [0.2, 0.25) is 0 Å². The molecule has 2 aromatic rings. The van der Waals surface area contributed by atoms with E-state index >= 15 is 0 Å². The number of likely N-dealkylation sites (N-methyl/N-ethyl adjacent to an activating group) is 1. The van der Waals surface area contributed by atoms with Gasteiger partial charge in [0, 0.05) is 30.9 Å². The summed E-state index contributed by atoms with van der Waals surface area (Å²) < 4.78 is 0. The number of benzene rings is 2. The quantitative estimate of drug-likeness (QED) is 0.691. The first-order chi connectivity index (χ1) is 9.97. The van der Waals surface area contributed by atoms with E-state index in [0.717, 1.165) is 0 Å². The summed E-state index contributed by atoms with van der Waals surface area (Å²) in [6, 6.07) is 12.3. The predicted octanol–water partition coefficient (Wildman–Crippen LogP) is 2.51. The van der Waals surface area contributed by atoms with E-state index in [9.17, 15) is 20.0 Å². The second-order valence-electron chi connectivity index (χ2n) is 4.57. The summed E-state index contributed by atoms with van der Waals surface area (Å²) in [5.74, 6) is -0.0862. The molecule has 6 nitrogen and oxygen atoms in total. The van der Waals surface area contributed by atoms with Gasteiger partial charge in [0.25, 0.3) is 5.69 Å². The van der Waals surface area contributed by atoms with Gasteiger partial charge in [0.1, 0.15) is 5.75 Å². The van der Waals surface area contributed by atoms with Gasteiger partial charge in [-0.3, -0.25) is 14.9 Å². The Labute approximate surface area is 121 Å². The molecule has 2 aromatic carbocycles. The van der Waals surface area contributed by atoms with Crippen LogP contribution in [-0.2, 0) is 11.2 Å². The standard InChI is InChI=1S/C15H14N2O4/c1-16(13-3-2-4-14(18)10-13)15(19)9-11-5-7-12(8-6-11)17(20)21/h2-8,10,18H,9H2,1H3. The van der Waals surface area contributed by atoms with Crippen LogP contribution < -0.4 is 4.90 Å². The summed E-state index contributed by atoms with van der Waals surface area (Å²) in [6.07, 6.45) is 0.129. The Morgan fingerprint density at radius 1 is 1.24 bits per heavy atom. The molecule has 1 N–H and O–H groups in total. The molecule has 0 spiro atoms. The summed E-state index contributed by atoms with van der Waals surface area (Å²) in [5.41, 5.74) is 1.27. The average Bonchev–Trinajstić information content (AvgIpc) is 2.47. The summed E-state index contributed by atoms with van der Waals surface area (Å²) in [5, 5.41) is 20.0. The Kier molecular flexibility index (Phi) is 4.18. The van der Waals surface area contributed by atoms with E-state index in [4.69, 9.17) is 0 Å². The third-order valence-corrected chi connectivity index (χ3v) is 3.09. The molecule has 0 aliphatic heterocycles. The Hall–Kier alpha value is -2.89. The Morgan fingerprint density at radius 2 is 1.90 bits per heavy atom. The second kappa shape index (κ2) is 6.04. The highest BCUT2D eigenvalue weighted by Crippen LogP contribution is 2.20. The molecular weight excluding hydrogens is 272 g/mol. The van der Waals surface area contributed by atoms with Crippen LogP contribution in [0.1, 0.15) is 5.56 Å². The SMILES string of the molecule is CN(C(=O)Cc1ccc([N+](=O)[O-])cc1)c1cccc(O)c1. The van der Waals surface area contributed by atoms with Crippen molar-refractivity contribution in [1.29, 1.82) is 0 Å². The number of aromatic hydroxyl groups is 1. The molecule has 0 saturated carbocycles. The lowest BCUT2D eigenvalue weighted by Crippen LogP contribution is -2.27. The molecule has 1 amide bonds. The number of amides is 1. The van der Waals surface area contributed by atoms with E-state index in [2.05, 4.69) is 0 Å². The van der Waals surface area contributed by atoms with Gasteiger partial charge in [0.05, 0.1) is 11.3 Å². The number of carbonyl (C=O) groups is 1. The largest absolute Gasteiger partial charge is 0.508 e. The first-order valence-electron chi connectivity index (χ1n) is 6.26. The zero-order chi connectivity index (χ0) is 15.4. The highest BCUT2D eigenvalue weighted by Gasteiger charge is 2.13. The van der Waals surface area contributed by atoms with E-state index in [-0.39, 0.29) is 23.8 Å². The molecule has 0 unspecified atom stereocenters. The number of rotatable bonds is 4. The van der Waals surface area contributed by atoms with Gasteiger partial charge in [0.2, 0.25) is 5.91 Å². The van der Waals surface area contributed by atoms with Gasteiger partial charge in [0.15, 0.2) is 0 Å². The summed E-state index contributed by atoms with van der Waals surface area (Å²) >= 11 is 0. The third kappa shape index (κ3) is 3.56. The lowest BCUT2D eigenvalue weighted by atomic mass is 10.1. The molecule has 108 valence electrons. The maximum Gasteiger partial charge on any atom is 0.269 e. The van der Waals surface area contributed by atoms with Crippen molar-refractivity contribution in [1.82, 2.24) is 0 Å². The predicted molar refractivity (Wildman–Crippen MR) is 78.3 cm³/mol. The van der Waals surface area contributed by atoms with Gasteiger partial charge in [-0.1, -0.05) is 18.2 Å². The normalized spacial score (nSPS) is 10.1. The Balaban J connectivity index is 2.08. The number of non-ortho nitro benzene ring substituents is 1. The first kappa shape index (κ1) is 14.5. The maximum absolute atomic E-state index is 12.2. The molecule has 0 aliphatic carbocycles. The molecular formula is C15H14N2O4. The zero-order valence-electron chi connectivity index (χ0n) is 11.4. The fourth-order valence-corrected chi connectivity index (χ4v) is 1.87. The van der Waals surface area contributed by atoms with Crippen molar-refractivity contribution in [2.24, 2.45) is 0 Å². The van der Waals surface area contributed by atoms with Gasteiger partial charge in [-0.05, 0) is 17.7 Å². The zero-order valence-corrected chi connectivity index (χ0v) is 11.4. The Bertz CT molecular complexity index is 668. The number of carbonyl (C=O) groups excluding carboxylic acids is 1. The van der Waals surface area contributed by atoms with E-state index in [0.29, 0.717) is 11.3 Å². The number of hydrogen-bond donors (Lipinski definition) is 1. The monoisotopic (exact) mass is 286 g/mol. The lowest BCUT2D eigenvalue weighted by molar-refractivity contribution is -0.384. The van der Waals surface area contributed by atoms with Crippen LogP contribution in [0.3, 0.4) is 0 Å². The number of nitro groups is 1. The van der Waals surface area contributed by atoms with Crippen LogP contribution in [0.15, 0.2) is 48.5 Å². The van der Waals surface area contributed by atoms with Crippen LogP contribution in [0.5, 0.6) is 5.75 Å². The van der Waals surface area contributed by atoms with Crippen LogP contribution in [-0.4, -0.2) is 23.0 Å². The van der Waals surface area contributed by atoms with Crippen molar-refractivity contribution >= 4 is 17.3 Å². The molecule has 0 saturated heterocycles. The van der Waals surface area contributed by atoms with Gasteiger partial charge in [-0.2, -0.15) is 0 Å². The fourth-order valence-electron chi connectivity index (χ4n) is 1.87. The van der Waals surface area contributed by atoms with Crippen molar-refractivity contribution in [3.63, 3.8) is 0 Å². The van der Waals surface area contributed by atoms with E-state index < -0.39 is 4.92 Å². The van der Waals surface area contributed by atoms with E-state index in [1.165, 1.54) is 29.2 Å². The number of phenolic OH excluding ortho intramolecular Hbond substituents is 1. The smallest absolute Gasteiger partial charge is 0.269 e. The summed E-state index contributed by atoms with van der Waals surface area (Å²) in [7, 11) is 1.61. The molecule has 0 bridgehead atoms. The molecule has 21 heavy (non-hydrogen) atoms. The van der Waals surface area contributed by atoms with Crippen molar-refractivity contribution in [3.8, 4) is 5.75 Å².